The SMILES string of the molecule is C[C@H]([NH2+][C@@H](C)c1cc(F)c(Cl)cc1Cl)C(=O)Nc1ccccc1[N+](=O)[O-]. The molecule has 2 aromatic carbocycles. The Morgan fingerprint density at radius 2 is 1.88 bits per heavy atom. The lowest BCUT2D eigenvalue weighted by Gasteiger charge is -2.18. The molecule has 0 spiro atoms. The van der Waals surface area contributed by atoms with Gasteiger partial charge in [-0.2, -0.15) is 0 Å². The Morgan fingerprint density at radius 1 is 1.23 bits per heavy atom. The van der Waals surface area contributed by atoms with Crippen molar-refractivity contribution in [2.24, 2.45) is 0 Å². The van der Waals surface area contributed by atoms with Crippen molar-refractivity contribution in [3.8, 4) is 0 Å². The Kier molecular flexibility index (Phi) is 6.52. The Bertz CT molecular complexity index is 848. The molecule has 9 heteroatoms. The van der Waals surface area contributed by atoms with E-state index < -0.39 is 22.7 Å². The van der Waals surface area contributed by atoms with Crippen LogP contribution in [-0.2, 0) is 4.79 Å². The Balaban J connectivity index is 2.10. The number of anilines is 1. The third-order valence-corrected chi connectivity index (χ3v) is 4.50. The second kappa shape index (κ2) is 8.44. The predicted molar refractivity (Wildman–Crippen MR) is 97.9 cm³/mol. The third-order valence-electron chi connectivity index (χ3n) is 3.88. The molecule has 0 radical (unpaired) electrons. The van der Waals surface area contributed by atoms with Gasteiger partial charge >= 0.3 is 0 Å². The van der Waals surface area contributed by atoms with Crippen LogP contribution in [0.5, 0.6) is 0 Å². The second-order valence-corrected chi connectivity index (χ2v) is 6.64. The molecule has 0 fully saturated rings. The summed E-state index contributed by atoms with van der Waals surface area (Å²) in [7, 11) is 0. The quantitative estimate of drug-likeness (QED) is 0.440. The fourth-order valence-electron chi connectivity index (χ4n) is 2.50. The van der Waals surface area contributed by atoms with E-state index in [4.69, 9.17) is 23.2 Å². The average molecular weight is 401 g/mol. The van der Waals surface area contributed by atoms with E-state index in [0.717, 1.165) is 0 Å². The van der Waals surface area contributed by atoms with Crippen LogP contribution in [0.15, 0.2) is 36.4 Å². The monoisotopic (exact) mass is 400 g/mol. The Morgan fingerprint density at radius 3 is 2.54 bits per heavy atom. The average Bonchev–Trinajstić information content (AvgIpc) is 2.58. The van der Waals surface area contributed by atoms with E-state index in [9.17, 15) is 19.3 Å². The van der Waals surface area contributed by atoms with Crippen molar-refractivity contribution >= 4 is 40.5 Å². The van der Waals surface area contributed by atoms with E-state index in [1.54, 1.807) is 25.2 Å². The number of nitrogens with two attached hydrogens (primary N) is 1. The van der Waals surface area contributed by atoms with Gasteiger partial charge in [0.25, 0.3) is 11.6 Å². The number of amides is 1. The van der Waals surface area contributed by atoms with Crippen LogP contribution in [0.3, 0.4) is 0 Å². The molecule has 2 rings (SSSR count). The summed E-state index contributed by atoms with van der Waals surface area (Å²) >= 11 is 11.8. The summed E-state index contributed by atoms with van der Waals surface area (Å²) in [6.45, 7) is 3.41. The molecule has 0 aromatic heterocycles. The smallest absolute Gasteiger partial charge is 0.292 e. The first-order chi connectivity index (χ1) is 12.2. The molecule has 6 nitrogen and oxygen atoms in total. The van der Waals surface area contributed by atoms with Crippen molar-refractivity contribution in [1.82, 2.24) is 0 Å². The van der Waals surface area contributed by atoms with Gasteiger partial charge in [0.05, 0.1) is 15.0 Å². The maximum atomic E-state index is 13.7. The van der Waals surface area contributed by atoms with Gasteiger partial charge in [0.15, 0.2) is 6.04 Å². The molecule has 0 aliphatic rings. The molecular formula is C17H17Cl2FN3O3+. The minimum absolute atomic E-state index is 0.0758. The lowest BCUT2D eigenvalue weighted by Crippen LogP contribution is -2.91. The molecule has 0 aliphatic carbocycles. The van der Waals surface area contributed by atoms with Crippen molar-refractivity contribution in [2.45, 2.75) is 25.9 Å². The molecule has 0 bridgehead atoms. The summed E-state index contributed by atoms with van der Waals surface area (Å²) in [5.74, 6) is -1.01. The zero-order valence-corrected chi connectivity index (χ0v) is 15.5. The van der Waals surface area contributed by atoms with Gasteiger partial charge in [-0.15, -0.1) is 0 Å². The molecule has 0 aliphatic heterocycles. The van der Waals surface area contributed by atoms with Crippen LogP contribution >= 0.6 is 23.2 Å². The number of nitrogens with zero attached hydrogens (tertiary/aromatic N) is 1. The first-order valence-corrected chi connectivity index (χ1v) is 8.50. The number of quaternary nitrogens is 1. The zero-order valence-electron chi connectivity index (χ0n) is 14.0. The molecule has 0 saturated carbocycles. The van der Waals surface area contributed by atoms with Crippen LogP contribution in [0.2, 0.25) is 10.0 Å². The molecule has 3 N–H and O–H groups in total. The van der Waals surface area contributed by atoms with Gasteiger partial charge in [-0.05, 0) is 32.0 Å². The largest absolute Gasteiger partial charge is 0.330 e. The summed E-state index contributed by atoms with van der Waals surface area (Å²) in [5, 5.41) is 15.5. The van der Waals surface area contributed by atoms with Crippen LogP contribution in [0.25, 0.3) is 0 Å². The number of halogens is 3. The van der Waals surface area contributed by atoms with Crippen LogP contribution < -0.4 is 10.6 Å². The number of nitro benzene ring substituents is 1. The van der Waals surface area contributed by atoms with E-state index in [2.05, 4.69) is 5.32 Å². The molecule has 2 atom stereocenters. The number of para-hydroxylation sites is 2. The van der Waals surface area contributed by atoms with Gasteiger partial charge in [0.1, 0.15) is 17.5 Å². The van der Waals surface area contributed by atoms with E-state index in [1.807, 2.05) is 0 Å². The fraction of sp³-hybridized carbons (Fsp3) is 0.235. The van der Waals surface area contributed by atoms with Gasteiger partial charge < -0.3 is 10.6 Å². The molecule has 26 heavy (non-hydrogen) atoms. The van der Waals surface area contributed by atoms with Crippen LogP contribution in [0, 0.1) is 15.9 Å². The fourth-order valence-corrected chi connectivity index (χ4v) is 3.05. The molecule has 138 valence electrons. The minimum atomic E-state index is -0.598. The number of carbonyl (C=O) groups is 1. The van der Waals surface area contributed by atoms with Crippen molar-refractivity contribution in [2.75, 3.05) is 5.32 Å². The minimum Gasteiger partial charge on any atom is -0.330 e. The maximum Gasteiger partial charge on any atom is 0.292 e. The third kappa shape index (κ3) is 4.69. The standard InChI is InChI=1S/C17H16Cl2FN3O3/c1-9(11-7-14(20)13(19)8-12(11)18)21-10(2)17(24)22-15-5-3-4-6-16(15)23(25)26/h3-10,21H,1-2H3,(H,22,24)/p+1/t9-,10-/m0/s1. The highest BCUT2D eigenvalue weighted by Gasteiger charge is 2.24. The number of hydrogen-bond donors (Lipinski definition) is 2. The highest BCUT2D eigenvalue weighted by atomic mass is 35.5. The number of benzene rings is 2. The topological polar surface area (TPSA) is 88.8 Å². The van der Waals surface area contributed by atoms with Crippen molar-refractivity contribution in [3.63, 3.8) is 0 Å². The zero-order chi connectivity index (χ0) is 19.4. The first kappa shape index (κ1) is 20.1. The number of carbonyl (C=O) groups excluding carboxylic acids is 1. The lowest BCUT2D eigenvalue weighted by atomic mass is 10.1. The number of rotatable bonds is 6. The molecule has 1 amide bonds. The number of hydrogen-bond acceptors (Lipinski definition) is 3. The van der Waals surface area contributed by atoms with E-state index in [-0.39, 0.29) is 22.4 Å². The summed E-state index contributed by atoms with van der Waals surface area (Å²) in [6, 6.07) is 7.49. The molecule has 0 heterocycles. The molecule has 2 aromatic rings. The first-order valence-electron chi connectivity index (χ1n) is 7.74. The van der Waals surface area contributed by atoms with Crippen LogP contribution in [-0.4, -0.2) is 16.9 Å². The normalized spacial score (nSPS) is 13.1. The van der Waals surface area contributed by atoms with Gasteiger partial charge in [-0.25, -0.2) is 4.39 Å². The number of nitrogens with one attached hydrogen (secondary N) is 1. The lowest BCUT2D eigenvalue weighted by molar-refractivity contribution is -0.709. The van der Waals surface area contributed by atoms with Crippen LogP contribution in [0.1, 0.15) is 25.5 Å². The van der Waals surface area contributed by atoms with Crippen molar-refractivity contribution in [1.29, 1.82) is 0 Å². The predicted octanol–water partition coefficient (Wildman–Crippen LogP) is 3.69. The van der Waals surface area contributed by atoms with Gasteiger partial charge in [-0.3, -0.25) is 14.9 Å². The Hall–Kier alpha value is -2.22. The Labute approximate surface area is 159 Å². The summed E-state index contributed by atoms with van der Waals surface area (Å²) < 4.78 is 13.7. The maximum absolute atomic E-state index is 13.7. The molecule has 0 saturated heterocycles. The van der Waals surface area contributed by atoms with Gasteiger partial charge in [0, 0.05) is 11.6 Å². The van der Waals surface area contributed by atoms with Gasteiger partial charge in [-0.1, -0.05) is 35.3 Å². The van der Waals surface area contributed by atoms with E-state index in [0.29, 0.717) is 10.6 Å². The summed E-state index contributed by atoms with van der Waals surface area (Å²) in [5.41, 5.74) is 0.425. The van der Waals surface area contributed by atoms with Crippen molar-refractivity contribution < 1.29 is 19.4 Å². The van der Waals surface area contributed by atoms with Crippen molar-refractivity contribution in [3.05, 3.63) is 67.9 Å². The number of nitro groups is 1. The molecular weight excluding hydrogens is 384 g/mol. The van der Waals surface area contributed by atoms with Gasteiger partial charge in [0.2, 0.25) is 0 Å². The summed E-state index contributed by atoms with van der Waals surface area (Å²) in [6.07, 6.45) is 0. The second-order valence-electron chi connectivity index (χ2n) is 5.82. The highest BCUT2D eigenvalue weighted by Crippen LogP contribution is 2.27. The van der Waals surface area contributed by atoms with Crippen LogP contribution in [0.4, 0.5) is 15.8 Å². The highest BCUT2D eigenvalue weighted by molar-refractivity contribution is 6.35. The van der Waals surface area contributed by atoms with E-state index in [1.165, 1.54) is 30.3 Å². The van der Waals surface area contributed by atoms with E-state index >= 15 is 0 Å². The molecule has 0 unspecified atom stereocenters. The summed E-state index contributed by atoms with van der Waals surface area (Å²) in [4.78, 5) is 22.8.